The van der Waals surface area contributed by atoms with Crippen molar-refractivity contribution in [1.29, 1.82) is 0 Å². The second-order valence-corrected chi connectivity index (χ2v) is 24.9. The molecule has 2 aliphatic rings. The van der Waals surface area contributed by atoms with Crippen molar-refractivity contribution >= 4 is 58.9 Å². The number of hydrogen-bond donors (Lipinski definition) is 4. The molecular weight excluding hydrogens is 841 g/mol. The van der Waals surface area contributed by atoms with Crippen molar-refractivity contribution in [2.24, 2.45) is 0 Å². The van der Waals surface area contributed by atoms with Crippen LogP contribution in [0.4, 0.5) is 0 Å². The van der Waals surface area contributed by atoms with Crippen molar-refractivity contribution in [3.63, 3.8) is 0 Å². The summed E-state index contributed by atoms with van der Waals surface area (Å²) in [5.74, 6) is -0.570. The molecule has 1 aliphatic heterocycles. The van der Waals surface area contributed by atoms with E-state index in [4.69, 9.17) is 13.9 Å². The van der Waals surface area contributed by atoms with Gasteiger partial charge in [0.1, 0.15) is 17.4 Å². The Hall–Kier alpha value is -4.26. The van der Waals surface area contributed by atoms with Gasteiger partial charge in [0.25, 0.3) is 0 Å². The lowest BCUT2D eigenvalue weighted by Gasteiger charge is -2.39. The maximum absolute atomic E-state index is 13.5. The predicted molar refractivity (Wildman–Crippen MR) is 246 cm³/mol. The smallest absolute Gasteiger partial charge is 0.349 e. The lowest BCUT2D eigenvalue weighted by atomic mass is 9.91. The van der Waals surface area contributed by atoms with E-state index in [0.717, 1.165) is 78.3 Å². The summed E-state index contributed by atoms with van der Waals surface area (Å²) in [6, 6.07) is 16.5. The van der Waals surface area contributed by atoms with Crippen LogP contribution in [0.3, 0.4) is 0 Å². The Morgan fingerprint density at radius 1 is 1.05 bits per heavy atom. The van der Waals surface area contributed by atoms with Gasteiger partial charge in [-0.25, -0.2) is 9.48 Å². The molecule has 1 fully saturated rings. The van der Waals surface area contributed by atoms with Gasteiger partial charge in [-0.3, -0.25) is 4.79 Å². The van der Waals surface area contributed by atoms with Crippen molar-refractivity contribution in [1.82, 2.24) is 30.2 Å². The molecule has 0 radical (unpaired) electrons. The third-order valence-electron chi connectivity index (χ3n) is 13.2. The average Bonchev–Trinajstić information content (AvgIpc) is 4.09. The van der Waals surface area contributed by atoms with E-state index in [0.29, 0.717) is 47.6 Å². The summed E-state index contributed by atoms with van der Waals surface area (Å²) in [5.41, 5.74) is 4.56. The molecule has 8 rings (SSSR count). The summed E-state index contributed by atoms with van der Waals surface area (Å²) >= 11 is 2.71. The molecule has 1 unspecified atom stereocenters. The molecule has 6 aromatic rings. The Bertz CT molecular complexity index is 2530. The molecule has 5 heterocycles. The van der Waals surface area contributed by atoms with Crippen LogP contribution < -0.4 is 10.9 Å². The van der Waals surface area contributed by atoms with Crippen molar-refractivity contribution in [2.75, 3.05) is 20.1 Å². The fraction of sp³-hybridized carbons (Fsp3) is 0.478. The van der Waals surface area contributed by atoms with Crippen LogP contribution in [-0.4, -0.2) is 81.7 Å². The Kier molecular flexibility index (Phi) is 12.9. The molecule has 4 N–H and O–H groups in total. The molecule has 4 aromatic heterocycles. The summed E-state index contributed by atoms with van der Waals surface area (Å²) in [4.78, 5) is 32.1. The van der Waals surface area contributed by atoms with Crippen LogP contribution in [0.1, 0.15) is 91.0 Å². The standard InChI is InChI=1S/C46H58N6O7S2Si/c1-45(2,3)62(5,6)59-38(32-16-18-37(53)42-33(32)17-19-41(54)48-42)26-47-25-29-24-36-43(35-28-57-27-34(29)35)52(50-49-36)21-9-20-51(4)30-12-14-31(15-13-30)58-44(55)46(56,39-10-7-22-60-39)40-11-8-23-61-40/h7-8,10-11,16-19,22-24,30-31,38,47,53,56H,9,12-15,20-21,25-28H2,1-6H3,(H,48,54)/t30-,31-,38?. The van der Waals surface area contributed by atoms with E-state index >= 15 is 0 Å². The molecule has 0 amide bonds. The number of aromatic nitrogens is 4. The van der Waals surface area contributed by atoms with E-state index in [1.165, 1.54) is 34.3 Å². The maximum Gasteiger partial charge on any atom is 0.349 e. The predicted octanol–water partition coefficient (Wildman–Crippen LogP) is 8.10. The quantitative estimate of drug-likeness (QED) is 0.0549. The first-order valence-electron chi connectivity index (χ1n) is 21.5. The Labute approximate surface area is 371 Å². The van der Waals surface area contributed by atoms with Gasteiger partial charge in [0.2, 0.25) is 11.2 Å². The number of aromatic hydroxyl groups is 1. The van der Waals surface area contributed by atoms with Crippen molar-refractivity contribution in [2.45, 2.75) is 121 Å². The number of rotatable bonds is 16. The Morgan fingerprint density at radius 3 is 2.44 bits per heavy atom. The number of phenols is 1. The minimum absolute atomic E-state index is 0.0275. The number of fused-ring (bicyclic) bond motifs is 4. The van der Waals surface area contributed by atoms with Crippen LogP contribution in [0.25, 0.3) is 21.9 Å². The van der Waals surface area contributed by atoms with Gasteiger partial charge in [-0.1, -0.05) is 44.2 Å². The van der Waals surface area contributed by atoms with Gasteiger partial charge in [-0.05, 0) is 122 Å². The number of esters is 1. The first-order valence-corrected chi connectivity index (χ1v) is 26.2. The molecule has 2 aromatic carbocycles. The van der Waals surface area contributed by atoms with Crippen LogP contribution in [-0.2, 0) is 50.6 Å². The largest absolute Gasteiger partial charge is 0.506 e. The molecule has 0 spiro atoms. The SMILES string of the molecule is CN(CCCn1nnc2cc(CNCC(O[Si](C)(C)C(C)(C)C)c3ccc(O)c4[nH]c(=O)ccc34)c3c(c21)COC3)[C@H]1CC[C@H](OC(=O)C(O)(c2cccs2)c2cccs2)CC1. The summed E-state index contributed by atoms with van der Waals surface area (Å²) in [5, 5.41) is 39.7. The third kappa shape index (κ3) is 8.93. The molecule has 1 aliphatic carbocycles. The zero-order valence-corrected chi connectivity index (χ0v) is 39.0. The number of carbonyl (C=O) groups is 1. The van der Waals surface area contributed by atoms with Gasteiger partial charge in [0.05, 0.1) is 40.1 Å². The molecule has 330 valence electrons. The minimum Gasteiger partial charge on any atom is -0.506 e. The van der Waals surface area contributed by atoms with Gasteiger partial charge in [0.15, 0.2) is 8.32 Å². The van der Waals surface area contributed by atoms with Crippen LogP contribution >= 0.6 is 22.7 Å². The first-order chi connectivity index (χ1) is 29.6. The highest BCUT2D eigenvalue weighted by molar-refractivity contribution is 7.12. The third-order valence-corrected chi connectivity index (χ3v) is 19.7. The summed E-state index contributed by atoms with van der Waals surface area (Å²) < 4.78 is 21.1. The number of nitrogens with zero attached hydrogens (tertiary/aromatic N) is 4. The molecule has 0 bridgehead atoms. The van der Waals surface area contributed by atoms with Crippen LogP contribution in [0.2, 0.25) is 18.1 Å². The van der Waals surface area contributed by atoms with E-state index in [1.54, 1.807) is 24.3 Å². The zero-order valence-electron chi connectivity index (χ0n) is 36.4. The number of aryl methyl sites for hydroxylation is 1. The molecule has 1 atom stereocenters. The van der Waals surface area contributed by atoms with E-state index < -0.39 is 19.9 Å². The van der Waals surface area contributed by atoms with Gasteiger partial charge in [0, 0.05) is 42.7 Å². The summed E-state index contributed by atoms with van der Waals surface area (Å²) in [6.07, 6.45) is 3.67. The number of pyridine rings is 1. The van der Waals surface area contributed by atoms with Gasteiger partial charge in [-0.15, -0.1) is 27.8 Å². The van der Waals surface area contributed by atoms with Gasteiger partial charge < -0.3 is 39.3 Å². The number of nitrogens with one attached hydrogen (secondary N) is 2. The van der Waals surface area contributed by atoms with Gasteiger partial charge >= 0.3 is 5.97 Å². The monoisotopic (exact) mass is 898 g/mol. The van der Waals surface area contributed by atoms with Gasteiger partial charge in [-0.2, -0.15) is 0 Å². The van der Waals surface area contributed by atoms with Crippen LogP contribution in [0, 0.1) is 0 Å². The number of thiophene rings is 2. The second kappa shape index (κ2) is 18.1. The molecule has 13 nitrogen and oxygen atoms in total. The van der Waals surface area contributed by atoms with E-state index in [9.17, 15) is 19.8 Å². The topological polar surface area (TPSA) is 164 Å². The average molecular weight is 899 g/mol. The highest BCUT2D eigenvalue weighted by Gasteiger charge is 2.45. The number of hydrogen-bond acceptors (Lipinski definition) is 13. The molecular formula is C46H58N6O7S2Si. The molecule has 1 saturated carbocycles. The number of H-pyrrole nitrogens is 1. The number of aromatic amines is 1. The van der Waals surface area contributed by atoms with E-state index in [2.05, 4.69) is 72.5 Å². The van der Waals surface area contributed by atoms with Crippen molar-refractivity contribution in [3.05, 3.63) is 108 Å². The highest BCUT2D eigenvalue weighted by Crippen LogP contribution is 2.42. The fourth-order valence-corrected chi connectivity index (χ4v) is 11.6. The number of benzene rings is 2. The molecule has 16 heteroatoms. The van der Waals surface area contributed by atoms with Crippen molar-refractivity contribution < 1.29 is 28.9 Å². The van der Waals surface area contributed by atoms with Crippen LogP contribution in [0.5, 0.6) is 5.75 Å². The Morgan fingerprint density at radius 2 is 1.76 bits per heavy atom. The second-order valence-electron chi connectivity index (χ2n) is 18.3. The zero-order chi connectivity index (χ0) is 43.8. The highest BCUT2D eigenvalue weighted by atomic mass is 32.1. The molecule has 0 saturated heterocycles. The van der Waals surface area contributed by atoms with Crippen molar-refractivity contribution in [3.8, 4) is 5.75 Å². The van der Waals surface area contributed by atoms with E-state index in [-0.39, 0.29) is 28.6 Å². The molecule has 62 heavy (non-hydrogen) atoms. The number of aliphatic hydroxyl groups is 1. The van der Waals surface area contributed by atoms with E-state index in [1.807, 2.05) is 33.6 Å². The normalized spacial score (nSPS) is 17.9. The lowest BCUT2D eigenvalue weighted by Crippen LogP contribution is -2.43. The number of phenolic OH excluding ortho intramolecular Hbond substituents is 1. The number of ether oxygens (including phenoxy) is 2. The maximum atomic E-state index is 13.5. The summed E-state index contributed by atoms with van der Waals surface area (Å²) in [6.45, 7) is 14.9. The minimum atomic E-state index is -2.24. The summed E-state index contributed by atoms with van der Waals surface area (Å²) in [7, 11) is -0.0756. The fourth-order valence-electron chi connectivity index (χ4n) is 8.64. The first kappa shape index (κ1) is 44.3. The number of carbonyl (C=O) groups excluding carboxylic acids is 1. The Balaban J connectivity index is 0.886. The van der Waals surface area contributed by atoms with Crippen LogP contribution in [0.15, 0.2) is 70.2 Å². The lowest BCUT2D eigenvalue weighted by molar-refractivity contribution is -0.169.